The van der Waals surface area contributed by atoms with Gasteiger partial charge in [0.15, 0.2) is 0 Å². The minimum atomic E-state index is 0.714. The molecule has 0 amide bonds. The van der Waals surface area contributed by atoms with Crippen LogP contribution in [-0.2, 0) is 6.54 Å². The summed E-state index contributed by atoms with van der Waals surface area (Å²) in [5.74, 6) is 1.71. The number of halogens is 1. The topological polar surface area (TPSA) is 12.0 Å². The van der Waals surface area contributed by atoms with Crippen LogP contribution in [0.3, 0.4) is 0 Å². The van der Waals surface area contributed by atoms with Gasteiger partial charge >= 0.3 is 0 Å². The van der Waals surface area contributed by atoms with Gasteiger partial charge in [-0.25, -0.2) is 0 Å². The van der Waals surface area contributed by atoms with E-state index in [1.807, 2.05) is 11.4 Å². The normalized spacial score (nSPS) is 31.5. The summed E-state index contributed by atoms with van der Waals surface area (Å²) in [5.41, 5.74) is 0. The van der Waals surface area contributed by atoms with Crippen molar-refractivity contribution < 1.29 is 0 Å². The second-order valence-electron chi connectivity index (χ2n) is 4.29. The highest BCUT2D eigenvalue weighted by molar-refractivity contribution is 7.10. The molecule has 1 aliphatic rings. The van der Waals surface area contributed by atoms with E-state index >= 15 is 0 Å². The van der Waals surface area contributed by atoms with E-state index in [1.165, 1.54) is 11.3 Å². The quantitative estimate of drug-likeness (QED) is 0.836. The molecule has 3 unspecified atom stereocenters. The standard InChI is InChI=1S/C11H16ClNS/c1-7-3-11(8(7)2)13-5-10-4-9(12)6-14-10/h4,6-8,11,13H,3,5H2,1-2H3. The molecule has 1 aliphatic carbocycles. The van der Waals surface area contributed by atoms with Crippen LogP contribution in [0.15, 0.2) is 11.4 Å². The van der Waals surface area contributed by atoms with Gasteiger partial charge < -0.3 is 5.32 Å². The van der Waals surface area contributed by atoms with Crippen LogP contribution in [0.4, 0.5) is 0 Å². The second-order valence-corrected chi connectivity index (χ2v) is 5.72. The molecule has 0 radical (unpaired) electrons. The van der Waals surface area contributed by atoms with Gasteiger partial charge in [-0.2, -0.15) is 0 Å². The van der Waals surface area contributed by atoms with E-state index in [4.69, 9.17) is 11.6 Å². The first-order valence-electron chi connectivity index (χ1n) is 5.13. The van der Waals surface area contributed by atoms with Crippen molar-refractivity contribution in [3.63, 3.8) is 0 Å². The molecule has 1 heterocycles. The largest absolute Gasteiger partial charge is 0.309 e. The summed E-state index contributed by atoms with van der Waals surface area (Å²) in [4.78, 5) is 1.33. The lowest BCUT2D eigenvalue weighted by molar-refractivity contribution is 0.137. The molecule has 3 atom stereocenters. The minimum absolute atomic E-state index is 0.714. The highest BCUT2D eigenvalue weighted by atomic mass is 35.5. The maximum absolute atomic E-state index is 5.86. The third-order valence-electron chi connectivity index (χ3n) is 3.32. The number of nitrogens with one attached hydrogen (secondary N) is 1. The molecule has 14 heavy (non-hydrogen) atoms. The predicted molar refractivity (Wildman–Crippen MR) is 62.9 cm³/mol. The Morgan fingerprint density at radius 2 is 2.36 bits per heavy atom. The Labute approximate surface area is 94.5 Å². The van der Waals surface area contributed by atoms with Gasteiger partial charge in [-0.05, 0) is 24.3 Å². The number of hydrogen-bond donors (Lipinski definition) is 1. The summed E-state index contributed by atoms with van der Waals surface area (Å²) in [5, 5.41) is 6.43. The van der Waals surface area contributed by atoms with E-state index in [2.05, 4.69) is 19.2 Å². The zero-order valence-corrected chi connectivity index (χ0v) is 10.2. The lowest BCUT2D eigenvalue weighted by Gasteiger charge is -2.41. The van der Waals surface area contributed by atoms with Crippen LogP contribution in [0.1, 0.15) is 25.1 Å². The average Bonchev–Trinajstić information content (AvgIpc) is 2.58. The van der Waals surface area contributed by atoms with E-state index in [1.54, 1.807) is 11.3 Å². The lowest BCUT2D eigenvalue weighted by atomic mass is 9.71. The summed E-state index contributed by atoms with van der Waals surface area (Å²) in [6, 6.07) is 2.76. The molecule has 0 aliphatic heterocycles. The van der Waals surface area contributed by atoms with Crippen molar-refractivity contribution >= 4 is 22.9 Å². The van der Waals surface area contributed by atoms with E-state index in [0.29, 0.717) is 6.04 Å². The molecule has 1 aromatic heterocycles. The lowest BCUT2D eigenvalue weighted by Crippen LogP contribution is -2.47. The monoisotopic (exact) mass is 229 g/mol. The molecule has 1 nitrogen and oxygen atoms in total. The molecule has 0 spiro atoms. The highest BCUT2D eigenvalue weighted by Crippen LogP contribution is 2.33. The fraction of sp³-hybridized carbons (Fsp3) is 0.636. The zero-order chi connectivity index (χ0) is 10.1. The van der Waals surface area contributed by atoms with Crippen molar-refractivity contribution in [1.82, 2.24) is 5.32 Å². The van der Waals surface area contributed by atoms with Gasteiger partial charge in [0.1, 0.15) is 0 Å². The van der Waals surface area contributed by atoms with Crippen LogP contribution in [0, 0.1) is 11.8 Å². The molecule has 0 bridgehead atoms. The first-order valence-corrected chi connectivity index (χ1v) is 6.39. The SMILES string of the molecule is CC1CC(NCc2cc(Cl)cs2)C1C. The molecule has 3 heteroatoms. The summed E-state index contributed by atoms with van der Waals surface area (Å²) >= 11 is 7.59. The van der Waals surface area contributed by atoms with Gasteiger partial charge in [-0.1, -0.05) is 25.4 Å². The molecular formula is C11H16ClNS. The van der Waals surface area contributed by atoms with Crippen molar-refractivity contribution in [2.24, 2.45) is 11.8 Å². The van der Waals surface area contributed by atoms with Crippen molar-refractivity contribution in [3.05, 3.63) is 21.3 Å². The van der Waals surface area contributed by atoms with E-state index in [9.17, 15) is 0 Å². The molecule has 0 aromatic carbocycles. The van der Waals surface area contributed by atoms with E-state index < -0.39 is 0 Å². The maximum atomic E-state index is 5.86. The summed E-state index contributed by atoms with van der Waals surface area (Å²) < 4.78 is 0. The van der Waals surface area contributed by atoms with Gasteiger partial charge in [0.25, 0.3) is 0 Å². The van der Waals surface area contributed by atoms with Gasteiger partial charge in [0, 0.05) is 22.8 Å². The Hall–Kier alpha value is -0.0500. The Balaban J connectivity index is 1.78. The zero-order valence-electron chi connectivity index (χ0n) is 8.59. The van der Waals surface area contributed by atoms with Gasteiger partial charge in [-0.3, -0.25) is 0 Å². The van der Waals surface area contributed by atoms with Crippen molar-refractivity contribution in [2.75, 3.05) is 0 Å². The number of thiophene rings is 1. The van der Waals surface area contributed by atoms with E-state index in [0.717, 1.165) is 23.4 Å². The minimum Gasteiger partial charge on any atom is -0.309 e. The number of rotatable bonds is 3. The van der Waals surface area contributed by atoms with Crippen molar-refractivity contribution in [2.45, 2.75) is 32.9 Å². The third kappa shape index (κ3) is 2.13. The molecule has 1 N–H and O–H groups in total. The summed E-state index contributed by atoms with van der Waals surface area (Å²) in [6.45, 7) is 5.62. The fourth-order valence-corrected chi connectivity index (χ4v) is 3.00. The van der Waals surface area contributed by atoms with Crippen LogP contribution >= 0.6 is 22.9 Å². The molecule has 0 saturated heterocycles. The average molecular weight is 230 g/mol. The van der Waals surface area contributed by atoms with Gasteiger partial charge in [0.2, 0.25) is 0 Å². The first-order chi connectivity index (χ1) is 6.66. The van der Waals surface area contributed by atoms with Crippen LogP contribution in [0.2, 0.25) is 5.02 Å². The number of hydrogen-bond acceptors (Lipinski definition) is 2. The van der Waals surface area contributed by atoms with Crippen LogP contribution in [-0.4, -0.2) is 6.04 Å². The highest BCUT2D eigenvalue weighted by Gasteiger charge is 2.33. The third-order valence-corrected chi connectivity index (χ3v) is 4.60. The maximum Gasteiger partial charge on any atom is 0.0516 e. The molecule has 1 fully saturated rings. The first kappa shape index (κ1) is 10.5. The van der Waals surface area contributed by atoms with Crippen LogP contribution in [0.25, 0.3) is 0 Å². The predicted octanol–water partition coefficient (Wildman–Crippen LogP) is 3.54. The molecular weight excluding hydrogens is 214 g/mol. The van der Waals surface area contributed by atoms with Gasteiger partial charge in [-0.15, -0.1) is 11.3 Å². The van der Waals surface area contributed by atoms with Crippen LogP contribution < -0.4 is 5.32 Å². The second kappa shape index (κ2) is 4.21. The Kier molecular flexibility index (Phi) is 3.15. The smallest absolute Gasteiger partial charge is 0.0516 e. The Bertz CT molecular complexity index is 310. The Morgan fingerprint density at radius 3 is 2.86 bits per heavy atom. The van der Waals surface area contributed by atoms with Crippen molar-refractivity contribution in [3.8, 4) is 0 Å². The molecule has 2 rings (SSSR count). The molecule has 78 valence electrons. The fourth-order valence-electron chi connectivity index (χ4n) is 1.98. The molecule has 1 saturated carbocycles. The van der Waals surface area contributed by atoms with Gasteiger partial charge in [0.05, 0.1) is 5.02 Å². The summed E-state index contributed by atoms with van der Waals surface area (Å²) in [7, 11) is 0. The van der Waals surface area contributed by atoms with Crippen molar-refractivity contribution in [1.29, 1.82) is 0 Å². The Morgan fingerprint density at radius 1 is 1.57 bits per heavy atom. The van der Waals surface area contributed by atoms with E-state index in [-0.39, 0.29) is 0 Å². The molecule has 1 aromatic rings. The van der Waals surface area contributed by atoms with Crippen LogP contribution in [0.5, 0.6) is 0 Å². The summed E-state index contributed by atoms with van der Waals surface area (Å²) in [6.07, 6.45) is 1.32.